The SMILES string of the molecule is CC(C)c1ccc(C(F)(F)C(C)(F)F)nc1. The molecule has 0 aliphatic heterocycles. The van der Waals surface area contributed by atoms with Crippen LogP contribution in [0.5, 0.6) is 0 Å². The molecule has 0 radical (unpaired) electrons. The Balaban J connectivity index is 3.07. The molecule has 0 unspecified atom stereocenters. The fraction of sp³-hybridized carbons (Fsp3) is 0.545. The van der Waals surface area contributed by atoms with Crippen molar-refractivity contribution in [2.24, 2.45) is 0 Å². The van der Waals surface area contributed by atoms with Crippen LogP contribution in [0.4, 0.5) is 17.6 Å². The fourth-order valence-electron chi connectivity index (χ4n) is 1.16. The average Bonchev–Trinajstić information content (AvgIpc) is 2.16. The van der Waals surface area contributed by atoms with Gasteiger partial charge in [0.15, 0.2) is 0 Å². The molecule has 0 spiro atoms. The Morgan fingerprint density at radius 2 is 1.69 bits per heavy atom. The average molecular weight is 235 g/mol. The predicted molar refractivity (Wildman–Crippen MR) is 52.8 cm³/mol. The first-order valence-electron chi connectivity index (χ1n) is 4.88. The molecule has 0 atom stereocenters. The van der Waals surface area contributed by atoms with E-state index in [9.17, 15) is 17.6 Å². The van der Waals surface area contributed by atoms with Gasteiger partial charge in [0, 0.05) is 13.1 Å². The Kier molecular flexibility index (Phi) is 3.26. The maximum Gasteiger partial charge on any atom is 0.351 e. The minimum Gasteiger partial charge on any atom is -0.254 e. The number of hydrogen-bond donors (Lipinski definition) is 0. The molecule has 0 saturated heterocycles. The van der Waals surface area contributed by atoms with Gasteiger partial charge in [0.25, 0.3) is 0 Å². The summed E-state index contributed by atoms with van der Waals surface area (Å²) in [6, 6.07) is 2.35. The highest BCUT2D eigenvalue weighted by molar-refractivity contribution is 5.21. The molecular formula is C11H13F4N. The van der Waals surface area contributed by atoms with E-state index < -0.39 is 17.5 Å². The van der Waals surface area contributed by atoms with Gasteiger partial charge >= 0.3 is 11.8 Å². The normalized spacial score (nSPS) is 13.2. The summed E-state index contributed by atoms with van der Waals surface area (Å²) >= 11 is 0. The van der Waals surface area contributed by atoms with E-state index in [0.29, 0.717) is 0 Å². The monoisotopic (exact) mass is 235 g/mol. The molecule has 0 amide bonds. The summed E-state index contributed by atoms with van der Waals surface area (Å²) in [7, 11) is 0. The topological polar surface area (TPSA) is 12.9 Å². The number of hydrogen-bond acceptors (Lipinski definition) is 1. The Bertz CT molecular complexity index is 351. The highest BCUT2D eigenvalue weighted by Gasteiger charge is 2.54. The van der Waals surface area contributed by atoms with Crippen LogP contribution in [-0.4, -0.2) is 10.9 Å². The summed E-state index contributed by atoms with van der Waals surface area (Å²) in [4.78, 5) is 3.41. The van der Waals surface area contributed by atoms with E-state index in [2.05, 4.69) is 4.98 Å². The van der Waals surface area contributed by atoms with Crippen LogP contribution in [-0.2, 0) is 5.92 Å². The first-order chi connectivity index (χ1) is 7.16. The lowest BCUT2D eigenvalue weighted by atomic mass is 10.0. The molecule has 0 N–H and O–H groups in total. The molecule has 0 saturated carbocycles. The van der Waals surface area contributed by atoms with Crippen LogP contribution in [0.1, 0.15) is 37.9 Å². The van der Waals surface area contributed by atoms with Gasteiger partial charge in [-0.15, -0.1) is 0 Å². The largest absolute Gasteiger partial charge is 0.351 e. The lowest BCUT2D eigenvalue weighted by Crippen LogP contribution is -2.35. The van der Waals surface area contributed by atoms with Crippen molar-refractivity contribution in [1.82, 2.24) is 4.98 Å². The zero-order valence-electron chi connectivity index (χ0n) is 9.27. The van der Waals surface area contributed by atoms with Crippen molar-refractivity contribution < 1.29 is 17.6 Å². The van der Waals surface area contributed by atoms with E-state index in [1.54, 1.807) is 0 Å². The number of aromatic nitrogens is 1. The smallest absolute Gasteiger partial charge is 0.254 e. The molecular weight excluding hydrogens is 222 g/mol. The van der Waals surface area contributed by atoms with Crippen LogP contribution in [0.2, 0.25) is 0 Å². The van der Waals surface area contributed by atoms with Crippen LogP contribution in [0, 0.1) is 0 Å². The molecule has 1 aromatic heterocycles. The summed E-state index contributed by atoms with van der Waals surface area (Å²) in [6.45, 7) is 3.91. The first-order valence-corrected chi connectivity index (χ1v) is 4.88. The van der Waals surface area contributed by atoms with Crippen molar-refractivity contribution in [3.63, 3.8) is 0 Å². The summed E-state index contributed by atoms with van der Waals surface area (Å²) in [5.74, 6) is -8.22. The number of pyridine rings is 1. The zero-order valence-corrected chi connectivity index (χ0v) is 9.27. The van der Waals surface area contributed by atoms with Gasteiger partial charge in [-0.2, -0.15) is 17.6 Å². The van der Waals surface area contributed by atoms with Crippen LogP contribution < -0.4 is 0 Å². The van der Waals surface area contributed by atoms with Crippen LogP contribution in [0.25, 0.3) is 0 Å². The molecule has 0 aromatic carbocycles. The van der Waals surface area contributed by atoms with Gasteiger partial charge < -0.3 is 0 Å². The molecule has 0 bridgehead atoms. The summed E-state index contributed by atoms with van der Waals surface area (Å²) < 4.78 is 51.7. The molecule has 0 fully saturated rings. The summed E-state index contributed by atoms with van der Waals surface area (Å²) in [5, 5.41) is 0. The fourth-order valence-corrected chi connectivity index (χ4v) is 1.16. The third kappa shape index (κ3) is 2.33. The van der Waals surface area contributed by atoms with E-state index in [-0.39, 0.29) is 12.8 Å². The van der Waals surface area contributed by atoms with E-state index in [0.717, 1.165) is 11.6 Å². The lowest BCUT2D eigenvalue weighted by molar-refractivity contribution is -0.207. The summed E-state index contributed by atoms with van der Waals surface area (Å²) in [6.07, 6.45) is 1.21. The lowest BCUT2D eigenvalue weighted by Gasteiger charge is -2.22. The van der Waals surface area contributed by atoms with E-state index in [1.165, 1.54) is 12.3 Å². The third-order valence-corrected chi connectivity index (χ3v) is 2.33. The van der Waals surface area contributed by atoms with Crippen LogP contribution >= 0.6 is 0 Å². The Morgan fingerprint density at radius 3 is 2.00 bits per heavy atom. The van der Waals surface area contributed by atoms with E-state index in [1.807, 2.05) is 13.8 Å². The molecule has 1 nitrogen and oxygen atoms in total. The molecule has 1 aromatic rings. The molecule has 0 aliphatic carbocycles. The highest BCUT2D eigenvalue weighted by Crippen LogP contribution is 2.41. The number of nitrogens with zero attached hydrogens (tertiary/aromatic N) is 1. The molecule has 5 heteroatoms. The molecule has 90 valence electrons. The number of alkyl halides is 4. The quantitative estimate of drug-likeness (QED) is 0.723. The molecule has 16 heavy (non-hydrogen) atoms. The van der Waals surface area contributed by atoms with Gasteiger partial charge in [-0.3, -0.25) is 4.98 Å². The van der Waals surface area contributed by atoms with Gasteiger partial charge in [0.1, 0.15) is 5.69 Å². The van der Waals surface area contributed by atoms with Gasteiger partial charge in [0.2, 0.25) is 0 Å². The van der Waals surface area contributed by atoms with Crippen molar-refractivity contribution in [3.8, 4) is 0 Å². The Hall–Kier alpha value is -1.13. The van der Waals surface area contributed by atoms with Gasteiger partial charge in [-0.25, -0.2) is 0 Å². The predicted octanol–water partition coefficient (Wildman–Crippen LogP) is 3.95. The second kappa shape index (κ2) is 4.03. The second-order valence-corrected chi connectivity index (χ2v) is 4.09. The molecule has 1 rings (SSSR count). The van der Waals surface area contributed by atoms with E-state index in [4.69, 9.17) is 0 Å². The third-order valence-electron chi connectivity index (χ3n) is 2.33. The summed E-state index contributed by atoms with van der Waals surface area (Å²) in [5.41, 5.74) is -0.164. The van der Waals surface area contributed by atoms with E-state index >= 15 is 0 Å². The maximum atomic E-state index is 13.2. The van der Waals surface area contributed by atoms with Crippen LogP contribution in [0.15, 0.2) is 18.3 Å². The molecule has 0 aliphatic rings. The minimum absolute atomic E-state index is 0.123. The Morgan fingerprint density at radius 1 is 1.12 bits per heavy atom. The van der Waals surface area contributed by atoms with Crippen molar-refractivity contribution >= 4 is 0 Å². The second-order valence-electron chi connectivity index (χ2n) is 4.09. The number of rotatable bonds is 3. The van der Waals surface area contributed by atoms with Crippen molar-refractivity contribution in [1.29, 1.82) is 0 Å². The standard InChI is InChI=1S/C11H13F4N/c1-7(2)8-4-5-9(16-6-8)11(14,15)10(3,12)13/h4-7H,1-3H3. The first kappa shape index (κ1) is 12.9. The number of halogens is 4. The van der Waals surface area contributed by atoms with Gasteiger partial charge in [-0.05, 0) is 17.5 Å². The van der Waals surface area contributed by atoms with Crippen molar-refractivity contribution in [2.45, 2.75) is 38.5 Å². The Labute approximate surface area is 91.5 Å². The van der Waals surface area contributed by atoms with Crippen LogP contribution in [0.3, 0.4) is 0 Å². The van der Waals surface area contributed by atoms with Gasteiger partial charge in [0.05, 0.1) is 0 Å². The highest BCUT2D eigenvalue weighted by atomic mass is 19.3. The molecule has 1 heterocycles. The van der Waals surface area contributed by atoms with Crippen molar-refractivity contribution in [2.75, 3.05) is 0 Å². The minimum atomic E-state index is -4.23. The van der Waals surface area contributed by atoms with Crippen molar-refractivity contribution in [3.05, 3.63) is 29.6 Å². The van der Waals surface area contributed by atoms with Gasteiger partial charge in [-0.1, -0.05) is 19.9 Å². The maximum absolute atomic E-state index is 13.2. The zero-order chi connectivity index (χ0) is 12.6.